The predicted octanol–water partition coefficient (Wildman–Crippen LogP) is 0.949. The van der Waals surface area contributed by atoms with Crippen LogP contribution in [0.2, 0.25) is 0 Å². The van der Waals surface area contributed by atoms with Gasteiger partial charge >= 0.3 is 0 Å². The molecule has 110 valence electrons. The molecule has 3 rings (SSSR count). The van der Waals surface area contributed by atoms with E-state index in [2.05, 4.69) is 25.3 Å². The third-order valence-corrected chi connectivity index (χ3v) is 3.54. The van der Waals surface area contributed by atoms with E-state index >= 15 is 0 Å². The Morgan fingerprint density at radius 2 is 2.29 bits per heavy atom. The third kappa shape index (κ3) is 3.18. The second-order valence-electron chi connectivity index (χ2n) is 5.19. The summed E-state index contributed by atoms with van der Waals surface area (Å²) >= 11 is 0. The Morgan fingerprint density at radius 1 is 1.38 bits per heavy atom. The third-order valence-electron chi connectivity index (χ3n) is 3.54. The fraction of sp³-hybridized carbons (Fsp3) is 0.429. The van der Waals surface area contributed by atoms with Gasteiger partial charge in [-0.1, -0.05) is 0 Å². The first-order valence-electron chi connectivity index (χ1n) is 7.07. The molecule has 0 aromatic carbocycles. The number of nitrogens with zero attached hydrogens (tertiary/aromatic N) is 4. The van der Waals surface area contributed by atoms with Crippen molar-refractivity contribution in [2.75, 3.05) is 23.3 Å². The van der Waals surface area contributed by atoms with Crippen molar-refractivity contribution in [3.8, 4) is 0 Å². The van der Waals surface area contributed by atoms with Crippen molar-refractivity contribution in [3.05, 3.63) is 40.7 Å². The SMILES string of the molecule is Cc1ccnc(N[C@@H]2CCCN(c3ncc[nH]c3=O)C2)n1. The summed E-state index contributed by atoms with van der Waals surface area (Å²) in [6, 6.07) is 2.08. The first-order chi connectivity index (χ1) is 10.2. The number of aromatic amines is 1. The summed E-state index contributed by atoms with van der Waals surface area (Å²) in [6.45, 7) is 3.50. The van der Waals surface area contributed by atoms with Crippen LogP contribution >= 0.6 is 0 Å². The molecule has 2 aromatic rings. The summed E-state index contributed by atoms with van der Waals surface area (Å²) in [5, 5.41) is 3.34. The van der Waals surface area contributed by atoms with Crippen LogP contribution in [0.5, 0.6) is 0 Å². The molecule has 3 heterocycles. The Balaban J connectivity index is 1.71. The van der Waals surface area contributed by atoms with Crippen molar-refractivity contribution in [3.63, 3.8) is 0 Å². The van der Waals surface area contributed by atoms with Crippen LogP contribution in [-0.4, -0.2) is 39.1 Å². The first-order valence-corrected chi connectivity index (χ1v) is 7.07. The van der Waals surface area contributed by atoms with Gasteiger partial charge in [-0.05, 0) is 25.8 Å². The van der Waals surface area contributed by atoms with Gasteiger partial charge in [-0.2, -0.15) is 0 Å². The van der Waals surface area contributed by atoms with Crippen molar-refractivity contribution in [1.82, 2.24) is 19.9 Å². The molecule has 1 saturated heterocycles. The molecule has 0 amide bonds. The maximum absolute atomic E-state index is 11.8. The fourth-order valence-corrected chi connectivity index (χ4v) is 2.56. The molecule has 1 fully saturated rings. The van der Waals surface area contributed by atoms with Crippen molar-refractivity contribution in [2.24, 2.45) is 0 Å². The van der Waals surface area contributed by atoms with Crippen LogP contribution in [0.15, 0.2) is 29.5 Å². The maximum Gasteiger partial charge on any atom is 0.290 e. The van der Waals surface area contributed by atoms with Crippen LogP contribution in [-0.2, 0) is 0 Å². The number of nitrogens with one attached hydrogen (secondary N) is 2. The number of rotatable bonds is 3. The van der Waals surface area contributed by atoms with E-state index in [0.717, 1.165) is 31.6 Å². The average molecular weight is 286 g/mol. The second kappa shape index (κ2) is 5.90. The average Bonchev–Trinajstić information content (AvgIpc) is 2.48. The Bertz CT molecular complexity index is 670. The summed E-state index contributed by atoms with van der Waals surface area (Å²) in [5.74, 6) is 1.12. The monoisotopic (exact) mass is 286 g/mol. The molecule has 2 aromatic heterocycles. The lowest BCUT2D eigenvalue weighted by atomic mass is 10.1. The van der Waals surface area contributed by atoms with E-state index in [1.54, 1.807) is 18.6 Å². The molecular formula is C14H18N6O. The molecule has 0 unspecified atom stereocenters. The van der Waals surface area contributed by atoms with Crippen LogP contribution in [0.4, 0.5) is 11.8 Å². The Kier molecular flexibility index (Phi) is 3.81. The highest BCUT2D eigenvalue weighted by atomic mass is 16.1. The minimum atomic E-state index is -0.148. The summed E-state index contributed by atoms with van der Waals surface area (Å²) in [7, 11) is 0. The zero-order valence-electron chi connectivity index (χ0n) is 11.9. The molecule has 21 heavy (non-hydrogen) atoms. The van der Waals surface area contributed by atoms with Gasteiger partial charge in [0.1, 0.15) is 0 Å². The van der Waals surface area contributed by atoms with Gasteiger partial charge in [0.25, 0.3) is 5.56 Å². The van der Waals surface area contributed by atoms with Gasteiger partial charge in [-0.25, -0.2) is 15.0 Å². The maximum atomic E-state index is 11.8. The Hall–Kier alpha value is -2.44. The molecule has 2 N–H and O–H groups in total. The number of aryl methyl sites for hydroxylation is 1. The van der Waals surface area contributed by atoms with Gasteiger partial charge in [-0.15, -0.1) is 0 Å². The van der Waals surface area contributed by atoms with Crippen LogP contribution in [0.25, 0.3) is 0 Å². The van der Waals surface area contributed by atoms with E-state index in [9.17, 15) is 4.79 Å². The molecule has 0 radical (unpaired) electrons. The van der Waals surface area contributed by atoms with Crippen LogP contribution in [0.3, 0.4) is 0 Å². The van der Waals surface area contributed by atoms with Crippen LogP contribution in [0.1, 0.15) is 18.5 Å². The number of hydrogen-bond donors (Lipinski definition) is 2. The van der Waals surface area contributed by atoms with E-state index in [0.29, 0.717) is 11.8 Å². The van der Waals surface area contributed by atoms with Gasteiger partial charge in [0.2, 0.25) is 5.95 Å². The largest absolute Gasteiger partial charge is 0.350 e. The lowest BCUT2D eigenvalue weighted by molar-refractivity contribution is 0.522. The second-order valence-corrected chi connectivity index (χ2v) is 5.19. The highest BCUT2D eigenvalue weighted by molar-refractivity contribution is 5.38. The highest BCUT2D eigenvalue weighted by Crippen LogP contribution is 2.16. The molecule has 1 atom stereocenters. The van der Waals surface area contributed by atoms with Crippen LogP contribution in [0, 0.1) is 6.92 Å². The fourth-order valence-electron chi connectivity index (χ4n) is 2.56. The van der Waals surface area contributed by atoms with Crippen molar-refractivity contribution >= 4 is 11.8 Å². The van der Waals surface area contributed by atoms with E-state index < -0.39 is 0 Å². The minimum Gasteiger partial charge on any atom is -0.350 e. The zero-order chi connectivity index (χ0) is 14.7. The molecule has 7 heteroatoms. The summed E-state index contributed by atoms with van der Waals surface area (Å²) in [5.41, 5.74) is 0.784. The van der Waals surface area contributed by atoms with E-state index in [1.807, 2.05) is 17.9 Å². The quantitative estimate of drug-likeness (QED) is 0.873. The number of aromatic nitrogens is 4. The molecule has 0 saturated carbocycles. The highest BCUT2D eigenvalue weighted by Gasteiger charge is 2.23. The zero-order valence-corrected chi connectivity index (χ0v) is 11.9. The number of H-pyrrole nitrogens is 1. The van der Waals surface area contributed by atoms with E-state index in [4.69, 9.17) is 0 Å². The van der Waals surface area contributed by atoms with Gasteiger partial charge in [-0.3, -0.25) is 4.79 Å². The Morgan fingerprint density at radius 3 is 3.10 bits per heavy atom. The van der Waals surface area contributed by atoms with Crippen molar-refractivity contribution in [2.45, 2.75) is 25.8 Å². The lowest BCUT2D eigenvalue weighted by Gasteiger charge is -2.33. The summed E-state index contributed by atoms with van der Waals surface area (Å²) in [4.78, 5) is 29.3. The summed E-state index contributed by atoms with van der Waals surface area (Å²) < 4.78 is 0. The van der Waals surface area contributed by atoms with Gasteiger partial charge in [0, 0.05) is 43.4 Å². The van der Waals surface area contributed by atoms with Gasteiger partial charge < -0.3 is 15.2 Å². The van der Waals surface area contributed by atoms with E-state index in [-0.39, 0.29) is 11.6 Å². The molecule has 0 aliphatic carbocycles. The van der Waals surface area contributed by atoms with Crippen LogP contribution < -0.4 is 15.8 Å². The molecule has 1 aliphatic rings. The van der Waals surface area contributed by atoms with Crippen molar-refractivity contribution < 1.29 is 0 Å². The number of hydrogen-bond acceptors (Lipinski definition) is 6. The normalized spacial score (nSPS) is 18.5. The van der Waals surface area contributed by atoms with E-state index in [1.165, 1.54) is 0 Å². The molecule has 0 spiro atoms. The topological polar surface area (TPSA) is 86.8 Å². The molecule has 1 aliphatic heterocycles. The smallest absolute Gasteiger partial charge is 0.290 e. The molecule has 7 nitrogen and oxygen atoms in total. The minimum absolute atomic E-state index is 0.148. The van der Waals surface area contributed by atoms with Gasteiger partial charge in [0.05, 0.1) is 0 Å². The molecule has 0 bridgehead atoms. The van der Waals surface area contributed by atoms with Crippen molar-refractivity contribution in [1.29, 1.82) is 0 Å². The molecular weight excluding hydrogens is 268 g/mol. The lowest BCUT2D eigenvalue weighted by Crippen LogP contribution is -2.44. The summed E-state index contributed by atoms with van der Waals surface area (Å²) in [6.07, 6.45) is 6.93. The van der Waals surface area contributed by atoms with Gasteiger partial charge in [0.15, 0.2) is 5.82 Å². The predicted molar refractivity (Wildman–Crippen MR) is 80.5 cm³/mol. The standard InChI is InChI=1S/C14H18N6O/c1-10-4-5-17-14(18-10)19-11-3-2-8-20(9-11)12-13(21)16-7-6-15-12/h4-7,11H,2-3,8-9H2,1H3,(H,16,21)(H,17,18,19)/t11-/m1/s1. The number of anilines is 2. The Labute approximate surface area is 122 Å². The number of piperidine rings is 1. The first kappa shape index (κ1) is 13.5.